The summed E-state index contributed by atoms with van der Waals surface area (Å²) in [7, 11) is 0. The number of nitrogens with one attached hydrogen (secondary N) is 2. The lowest BCUT2D eigenvalue weighted by Crippen LogP contribution is -2.28. The zero-order chi connectivity index (χ0) is 23.1. The molecule has 0 fully saturated rings. The Hall–Kier alpha value is -3.56. The molecule has 33 heavy (non-hydrogen) atoms. The summed E-state index contributed by atoms with van der Waals surface area (Å²) in [5.74, 6) is 0.181. The van der Waals surface area contributed by atoms with Crippen molar-refractivity contribution in [3.8, 4) is 5.69 Å². The van der Waals surface area contributed by atoms with Gasteiger partial charge in [-0.05, 0) is 36.8 Å². The predicted octanol–water partition coefficient (Wildman–Crippen LogP) is 5.06. The SMILES string of the molecule is CC[C@H](Nc1ncnc2[nH]cnc12)c1nc2ccc(F)c(Cl)c2c(=O)n1-c1cccc(Cl)c1. The summed E-state index contributed by atoms with van der Waals surface area (Å²) in [5.41, 5.74) is 1.38. The van der Waals surface area contributed by atoms with Gasteiger partial charge in [0, 0.05) is 5.02 Å². The first-order chi connectivity index (χ1) is 16.0. The van der Waals surface area contributed by atoms with Crippen molar-refractivity contribution in [2.24, 2.45) is 0 Å². The maximum Gasteiger partial charge on any atom is 0.267 e. The van der Waals surface area contributed by atoms with Crippen LogP contribution >= 0.6 is 23.2 Å². The summed E-state index contributed by atoms with van der Waals surface area (Å²) in [4.78, 5) is 34.0. The van der Waals surface area contributed by atoms with Crippen molar-refractivity contribution in [1.82, 2.24) is 29.5 Å². The molecule has 0 amide bonds. The molecule has 0 aliphatic rings. The zero-order valence-electron chi connectivity index (χ0n) is 17.2. The maximum absolute atomic E-state index is 14.2. The molecule has 1 atom stereocenters. The van der Waals surface area contributed by atoms with E-state index >= 15 is 0 Å². The summed E-state index contributed by atoms with van der Waals surface area (Å²) >= 11 is 12.4. The van der Waals surface area contributed by atoms with E-state index in [0.29, 0.717) is 39.9 Å². The van der Waals surface area contributed by atoms with E-state index < -0.39 is 17.4 Å². The third kappa shape index (κ3) is 3.69. The van der Waals surface area contributed by atoms with E-state index in [9.17, 15) is 9.18 Å². The molecule has 0 spiro atoms. The van der Waals surface area contributed by atoms with Gasteiger partial charge in [-0.1, -0.05) is 36.2 Å². The van der Waals surface area contributed by atoms with Crippen molar-refractivity contribution >= 4 is 51.1 Å². The van der Waals surface area contributed by atoms with Gasteiger partial charge in [-0.15, -0.1) is 0 Å². The lowest BCUT2D eigenvalue weighted by Gasteiger charge is -2.22. The third-order valence-corrected chi connectivity index (χ3v) is 5.87. The van der Waals surface area contributed by atoms with Crippen LogP contribution in [-0.4, -0.2) is 29.5 Å². The number of imidazole rings is 1. The number of halogens is 3. The second-order valence-electron chi connectivity index (χ2n) is 7.27. The van der Waals surface area contributed by atoms with Gasteiger partial charge in [0.1, 0.15) is 23.5 Å². The Morgan fingerprint density at radius 3 is 2.82 bits per heavy atom. The lowest BCUT2D eigenvalue weighted by atomic mass is 10.1. The Kier molecular flexibility index (Phi) is 5.43. The van der Waals surface area contributed by atoms with Gasteiger partial charge in [0.05, 0.1) is 34.0 Å². The molecular formula is C22H16Cl2FN7O. The third-order valence-electron chi connectivity index (χ3n) is 5.27. The summed E-state index contributed by atoms with van der Waals surface area (Å²) < 4.78 is 15.6. The monoisotopic (exact) mass is 483 g/mol. The minimum Gasteiger partial charge on any atom is -0.358 e. The van der Waals surface area contributed by atoms with Crippen LogP contribution in [0.25, 0.3) is 27.8 Å². The number of nitrogens with zero attached hydrogens (tertiary/aromatic N) is 5. The average molecular weight is 484 g/mol. The molecule has 0 saturated heterocycles. The van der Waals surface area contributed by atoms with Crippen LogP contribution < -0.4 is 10.9 Å². The van der Waals surface area contributed by atoms with Gasteiger partial charge in [-0.25, -0.2) is 24.3 Å². The summed E-state index contributed by atoms with van der Waals surface area (Å²) in [6.45, 7) is 1.94. The Labute approximate surface area is 196 Å². The Morgan fingerprint density at radius 2 is 2.03 bits per heavy atom. The van der Waals surface area contributed by atoms with E-state index in [1.54, 1.807) is 24.3 Å². The van der Waals surface area contributed by atoms with Crippen molar-refractivity contribution in [1.29, 1.82) is 0 Å². The molecular weight excluding hydrogens is 468 g/mol. The minimum absolute atomic E-state index is 0.00743. The molecule has 3 heterocycles. The normalized spacial score (nSPS) is 12.4. The first kappa shape index (κ1) is 21.3. The van der Waals surface area contributed by atoms with E-state index in [1.807, 2.05) is 6.92 Å². The minimum atomic E-state index is -0.694. The second-order valence-corrected chi connectivity index (χ2v) is 8.09. The number of H-pyrrole nitrogens is 1. The van der Waals surface area contributed by atoms with Crippen LogP contribution in [0.2, 0.25) is 10.0 Å². The Morgan fingerprint density at radius 1 is 1.18 bits per heavy atom. The van der Waals surface area contributed by atoms with Crippen molar-refractivity contribution in [2.45, 2.75) is 19.4 Å². The molecule has 0 radical (unpaired) electrons. The van der Waals surface area contributed by atoms with Crippen LogP contribution in [0.5, 0.6) is 0 Å². The van der Waals surface area contributed by atoms with Crippen molar-refractivity contribution in [2.75, 3.05) is 5.32 Å². The van der Waals surface area contributed by atoms with Crippen LogP contribution in [0.4, 0.5) is 10.2 Å². The second kappa shape index (κ2) is 8.42. The topological polar surface area (TPSA) is 101 Å². The Bertz CT molecular complexity index is 1570. The lowest BCUT2D eigenvalue weighted by molar-refractivity contribution is 0.628. The smallest absolute Gasteiger partial charge is 0.267 e. The molecule has 0 saturated carbocycles. The van der Waals surface area contributed by atoms with Gasteiger partial charge in [-0.2, -0.15) is 0 Å². The van der Waals surface area contributed by atoms with Crippen LogP contribution in [0.15, 0.2) is 53.8 Å². The molecule has 0 bridgehead atoms. The van der Waals surface area contributed by atoms with E-state index in [2.05, 4.69) is 25.3 Å². The predicted molar refractivity (Wildman–Crippen MR) is 126 cm³/mol. The van der Waals surface area contributed by atoms with E-state index in [0.717, 1.165) is 0 Å². The van der Waals surface area contributed by atoms with Crippen LogP contribution in [-0.2, 0) is 0 Å². The van der Waals surface area contributed by atoms with Crippen molar-refractivity contribution < 1.29 is 4.39 Å². The number of aromatic amines is 1. The molecule has 2 N–H and O–H groups in total. The number of aromatic nitrogens is 6. The van der Waals surface area contributed by atoms with E-state index in [4.69, 9.17) is 28.2 Å². The number of fused-ring (bicyclic) bond motifs is 2. The fourth-order valence-electron chi connectivity index (χ4n) is 3.71. The van der Waals surface area contributed by atoms with Crippen LogP contribution in [0, 0.1) is 5.82 Å². The molecule has 0 unspecified atom stereocenters. The first-order valence-corrected chi connectivity index (χ1v) is 10.8. The first-order valence-electron chi connectivity index (χ1n) is 10.0. The molecule has 11 heteroatoms. The standard InChI is InChI=1S/C22H16Cl2FN7O/c1-2-14(30-20-18-19(27-9-26-18)28-10-29-20)21-31-15-7-6-13(25)17(24)16(15)22(33)32(21)12-5-3-4-11(23)8-12/h3-10,14H,2H2,1H3,(H2,26,27,28,29,30)/t14-/m0/s1. The number of anilines is 1. The highest BCUT2D eigenvalue weighted by molar-refractivity contribution is 6.35. The number of hydrogen-bond acceptors (Lipinski definition) is 6. The van der Waals surface area contributed by atoms with Gasteiger partial charge in [0.2, 0.25) is 0 Å². The Balaban J connectivity index is 1.76. The van der Waals surface area contributed by atoms with Gasteiger partial charge >= 0.3 is 0 Å². The molecule has 0 aliphatic heterocycles. The highest BCUT2D eigenvalue weighted by Gasteiger charge is 2.23. The van der Waals surface area contributed by atoms with Gasteiger partial charge in [0.25, 0.3) is 5.56 Å². The summed E-state index contributed by atoms with van der Waals surface area (Å²) in [6, 6.07) is 8.94. The van der Waals surface area contributed by atoms with E-state index in [1.165, 1.54) is 29.4 Å². The fourth-order valence-corrected chi connectivity index (χ4v) is 4.13. The largest absolute Gasteiger partial charge is 0.358 e. The van der Waals surface area contributed by atoms with Crippen molar-refractivity contribution in [3.05, 3.63) is 81.1 Å². The zero-order valence-corrected chi connectivity index (χ0v) is 18.7. The molecule has 8 nitrogen and oxygen atoms in total. The highest BCUT2D eigenvalue weighted by atomic mass is 35.5. The van der Waals surface area contributed by atoms with Gasteiger partial charge < -0.3 is 10.3 Å². The van der Waals surface area contributed by atoms with E-state index in [-0.39, 0.29) is 15.9 Å². The van der Waals surface area contributed by atoms with Gasteiger partial charge in [-0.3, -0.25) is 9.36 Å². The fraction of sp³-hybridized carbons (Fsp3) is 0.136. The number of benzene rings is 2. The summed E-state index contributed by atoms with van der Waals surface area (Å²) in [5, 5.41) is 3.47. The number of rotatable bonds is 5. The van der Waals surface area contributed by atoms with Gasteiger partial charge in [0.15, 0.2) is 11.5 Å². The average Bonchev–Trinajstić information content (AvgIpc) is 3.29. The molecule has 5 aromatic rings. The maximum atomic E-state index is 14.2. The molecule has 5 rings (SSSR count). The number of hydrogen-bond donors (Lipinski definition) is 2. The van der Waals surface area contributed by atoms with Crippen molar-refractivity contribution in [3.63, 3.8) is 0 Å². The molecule has 0 aliphatic carbocycles. The highest BCUT2D eigenvalue weighted by Crippen LogP contribution is 2.29. The van der Waals surface area contributed by atoms with Crippen LogP contribution in [0.3, 0.4) is 0 Å². The molecule has 2 aromatic carbocycles. The quantitative estimate of drug-likeness (QED) is 0.362. The molecule has 3 aromatic heterocycles. The van der Waals surface area contributed by atoms with Crippen LogP contribution in [0.1, 0.15) is 25.2 Å². The molecule has 166 valence electrons. The summed E-state index contributed by atoms with van der Waals surface area (Å²) in [6.07, 6.45) is 3.48.